The summed E-state index contributed by atoms with van der Waals surface area (Å²) in [6.07, 6.45) is 0. The Bertz CT molecular complexity index is 1010. The Morgan fingerprint density at radius 2 is 1.96 bits per heavy atom. The summed E-state index contributed by atoms with van der Waals surface area (Å²) in [6.45, 7) is 1.32. The number of carbonyl (C=O) groups excluding carboxylic acids is 1. The highest BCUT2D eigenvalue weighted by atomic mass is 35.5. The molecular formula is C18H16ClF2NO5S. The van der Waals surface area contributed by atoms with Gasteiger partial charge in [-0.05, 0) is 31.2 Å². The van der Waals surface area contributed by atoms with Crippen LogP contribution in [-0.2, 0) is 31.7 Å². The highest BCUT2D eigenvalue weighted by Crippen LogP contribution is 2.33. The van der Waals surface area contributed by atoms with E-state index in [1.807, 2.05) is 5.32 Å². The van der Waals surface area contributed by atoms with Crippen LogP contribution in [0.5, 0.6) is 5.75 Å². The molecule has 1 heterocycles. The highest BCUT2D eigenvalue weighted by molar-refractivity contribution is 7.92. The molecule has 0 bridgehead atoms. The van der Waals surface area contributed by atoms with Crippen molar-refractivity contribution in [2.24, 2.45) is 0 Å². The Balaban J connectivity index is 1.83. The molecule has 0 aliphatic carbocycles. The summed E-state index contributed by atoms with van der Waals surface area (Å²) in [6, 6.07) is 6.07. The number of rotatable bonds is 5. The Morgan fingerprint density at radius 1 is 1.29 bits per heavy atom. The van der Waals surface area contributed by atoms with E-state index in [4.69, 9.17) is 21.1 Å². The first-order chi connectivity index (χ1) is 13.2. The summed E-state index contributed by atoms with van der Waals surface area (Å²) < 4.78 is 63.4. The molecule has 0 spiro atoms. The lowest BCUT2D eigenvalue weighted by molar-refractivity contribution is -0.115. The van der Waals surface area contributed by atoms with Crippen molar-refractivity contribution in [2.75, 3.05) is 12.1 Å². The Labute approximate surface area is 165 Å². The van der Waals surface area contributed by atoms with Gasteiger partial charge in [0, 0.05) is 16.1 Å². The summed E-state index contributed by atoms with van der Waals surface area (Å²) in [5.41, 5.74) is 0.173. The Morgan fingerprint density at radius 3 is 2.64 bits per heavy atom. The van der Waals surface area contributed by atoms with Crippen LogP contribution in [0.15, 0.2) is 30.3 Å². The van der Waals surface area contributed by atoms with E-state index in [1.165, 1.54) is 6.07 Å². The third-order valence-corrected chi connectivity index (χ3v) is 6.45. The second-order valence-electron chi connectivity index (χ2n) is 6.20. The van der Waals surface area contributed by atoms with E-state index in [9.17, 15) is 22.0 Å². The number of sulfone groups is 1. The minimum atomic E-state index is -4.05. The molecule has 1 aliphatic rings. The second-order valence-corrected chi connectivity index (χ2v) is 8.96. The van der Waals surface area contributed by atoms with Gasteiger partial charge in [-0.1, -0.05) is 17.7 Å². The zero-order chi connectivity index (χ0) is 20.5. The summed E-state index contributed by atoms with van der Waals surface area (Å²) in [5, 5.41) is 0.725. The number of nitrogens with one attached hydrogen (secondary N) is 1. The number of para-hydroxylation sites is 1. The minimum Gasteiger partial charge on any atom is -0.467 e. The molecule has 1 atom stereocenters. The van der Waals surface area contributed by atoms with Gasteiger partial charge in [-0.3, -0.25) is 4.79 Å². The Kier molecular flexibility index (Phi) is 5.87. The van der Waals surface area contributed by atoms with Gasteiger partial charge in [0.15, 0.2) is 16.6 Å². The molecule has 1 aliphatic heterocycles. The fourth-order valence-electron chi connectivity index (χ4n) is 2.71. The predicted octanol–water partition coefficient (Wildman–Crippen LogP) is 3.43. The summed E-state index contributed by atoms with van der Waals surface area (Å²) in [5.74, 6) is -3.26. The molecule has 0 radical (unpaired) electrons. The second kappa shape index (κ2) is 8.02. The number of hydrogen-bond acceptors (Lipinski definition) is 5. The first kappa shape index (κ1) is 20.5. The lowest BCUT2D eigenvalue weighted by Crippen LogP contribution is -2.34. The van der Waals surface area contributed by atoms with Crippen LogP contribution >= 0.6 is 11.6 Å². The zero-order valence-corrected chi connectivity index (χ0v) is 16.2. The third kappa shape index (κ3) is 4.26. The number of carbonyl (C=O) groups is 1. The van der Waals surface area contributed by atoms with Crippen LogP contribution in [0, 0.1) is 11.6 Å². The van der Waals surface area contributed by atoms with E-state index in [2.05, 4.69) is 0 Å². The van der Waals surface area contributed by atoms with E-state index >= 15 is 0 Å². The fraction of sp³-hybridized carbons (Fsp3) is 0.278. The average Bonchev–Trinajstić information content (AvgIpc) is 2.63. The Hall–Kier alpha value is -2.23. The molecule has 0 saturated carbocycles. The first-order valence-electron chi connectivity index (χ1n) is 8.17. The molecule has 0 unspecified atom stereocenters. The minimum absolute atomic E-state index is 0.0374. The standard InChI is InChI=1S/C18H16ClF2NO5S/c1-10(18(23)22-16-14(20)3-2-4-15(16)21)28(24,25)8-12-6-13(19)5-11-7-26-9-27-17(11)12/h2-6,10H,7-9H2,1H3,(H,22,23)/t10-/m0/s1. The van der Waals surface area contributed by atoms with E-state index in [0.717, 1.165) is 25.1 Å². The van der Waals surface area contributed by atoms with Crippen molar-refractivity contribution in [1.82, 2.24) is 0 Å². The third-order valence-electron chi connectivity index (χ3n) is 4.23. The van der Waals surface area contributed by atoms with Crippen LogP contribution < -0.4 is 10.1 Å². The van der Waals surface area contributed by atoms with Crippen LogP contribution in [0.25, 0.3) is 0 Å². The van der Waals surface area contributed by atoms with E-state index in [-0.39, 0.29) is 19.0 Å². The number of anilines is 1. The molecule has 3 rings (SSSR count). The summed E-state index contributed by atoms with van der Waals surface area (Å²) in [7, 11) is -4.05. The molecule has 0 fully saturated rings. The van der Waals surface area contributed by atoms with Crippen molar-refractivity contribution in [2.45, 2.75) is 24.5 Å². The molecule has 1 amide bonds. The van der Waals surface area contributed by atoms with Crippen molar-refractivity contribution in [1.29, 1.82) is 0 Å². The van der Waals surface area contributed by atoms with Gasteiger partial charge in [0.25, 0.3) is 0 Å². The summed E-state index contributed by atoms with van der Waals surface area (Å²) >= 11 is 6.03. The predicted molar refractivity (Wildman–Crippen MR) is 98.8 cm³/mol. The van der Waals surface area contributed by atoms with Gasteiger partial charge in [0.05, 0.1) is 12.4 Å². The molecule has 2 aromatic rings. The van der Waals surface area contributed by atoms with E-state index in [0.29, 0.717) is 16.3 Å². The van der Waals surface area contributed by atoms with Crippen molar-refractivity contribution < 1.29 is 31.5 Å². The number of benzene rings is 2. The number of halogens is 3. The molecule has 2 aromatic carbocycles. The quantitative estimate of drug-likeness (QED) is 0.784. The maximum absolute atomic E-state index is 13.7. The first-order valence-corrected chi connectivity index (χ1v) is 10.3. The van der Waals surface area contributed by atoms with Crippen molar-refractivity contribution >= 4 is 33.0 Å². The van der Waals surface area contributed by atoms with Crippen LogP contribution in [0.4, 0.5) is 14.5 Å². The molecular weight excluding hydrogens is 416 g/mol. The van der Waals surface area contributed by atoms with Crippen LogP contribution in [0.1, 0.15) is 18.1 Å². The van der Waals surface area contributed by atoms with Crippen molar-refractivity contribution in [3.8, 4) is 5.75 Å². The summed E-state index contributed by atoms with van der Waals surface area (Å²) in [4.78, 5) is 12.3. The normalized spacial score (nSPS) is 14.7. The van der Waals surface area contributed by atoms with E-state index < -0.39 is 44.1 Å². The number of ether oxygens (including phenoxy) is 2. The van der Waals surface area contributed by atoms with Gasteiger partial charge < -0.3 is 14.8 Å². The smallest absolute Gasteiger partial charge is 0.242 e. The molecule has 0 aromatic heterocycles. The lowest BCUT2D eigenvalue weighted by Gasteiger charge is -2.22. The van der Waals surface area contributed by atoms with Gasteiger partial charge >= 0.3 is 0 Å². The largest absolute Gasteiger partial charge is 0.467 e. The average molecular weight is 432 g/mol. The molecule has 1 N–H and O–H groups in total. The molecule has 150 valence electrons. The van der Waals surface area contributed by atoms with Crippen molar-refractivity contribution in [3.63, 3.8) is 0 Å². The maximum atomic E-state index is 13.7. The number of hydrogen-bond donors (Lipinski definition) is 1. The SMILES string of the molecule is C[C@@H](C(=O)Nc1c(F)cccc1F)S(=O)(=O)Cc1cc(Cl)cc2c1OCOC2. The van der Waals surface area contributed by atoms with Gasteiger partial charge in [-0.15, -0.1) is 0 Å². The topological polar surface area (TPSA) is 81.7 Å². The van der Waals surface area contributed by atoms with Gasteiger partial charge in [0.1, 0.15) is 28.3 Å². The maximum Gasteiger partial charge on any atom is 0.242 e. The van der Waals surface area contributed by atoms with Crippen LogP contribution in [-0.4, -0.2) is 26.4 Å². The molecule has 6 nitrogen and oxygen atoms in total. The lowest BCUT2D eigenvalue weighted by atomic mass is 10.1. The zero-order valence-electron chi connectivity index (χ0n) is 14.7. The highest BCUT2D eigenvalue weighted by Gasteiger charge is 2.31. The molecule has 28 heavy (non-hydrogen) atoms. The van der Waals surface area contributed by atoms with Crippen LogP contribution in [0.3, 0.4) is 0 Å². The monoisotopic (exact) mass is 431 g/mol. The fourth-order valence-corrected chi connectivity index (χ4v) is 4.26. The number of fused-ring (bicyclic) bond motifs is 1. The van der Waals surface area contributed by atoms with Crippen LogP contribution in [0.2, 0.25) is 5.02 Å². The van der Waals surface area contributed by atoms with Gasteiger partial charge in [-0.25, -0.2) is 17.2 Å². The van der Waals surface area contributed by atoms with E-state index in [1.54, 1.807) is 6.07 Å². The molecule has 0 saturated heterocycles. The van der Waals surface area contributed by atoms with Gasteiger partial charge in [-0.2, -0.15) is 0 Å². The van der Waals surface area contributed by atoms with Crippen molar-refractivity contribution in [3.05, 3.63) is 58.1 Å². The number of amides is 1. The molecule has 10 heteroatoms. The van der Waals surface area contributed by atoms with Gasteiger partial charge in [0.2, 0.25) is 5.91 Å².